The zero-order chi connectivity index (χ0) is 16.9. The molecule has 1 unspecified atom stereocenters. The standard InChI is InChI=1S/C18H27N3O3/c22-13-15(23)12-19-16-11-14(18(24)21-9-3-4-10-21)5-6-17(16)20-7-1-2-8-20/h5-6,11,15,19,22-23H,1-4,7-10,12-13H2. The first-order chi connectivity index (χ1) is 11.7. The molecule has 2 saturated heterocycles. The molecule has 3 rings (SSSR count). The molecule has 132 valence electrons. The maximum absolute atomic E-state index is 12.6. The molecule has 3 N–H and O–H groups in total. The molecule has 2 aliphatic heterocycles. The molecule has 0 spiro atoms. The minimum absolute atomic E-state index is 0.0752. The molecule has 24 heavy (non-hydrogen) atoms. The highest BCUT2D eigenvalue weighted by Gasteiger charge is 2.22. The number of nitrogens with one attached hydrogen (secondary N) is 1. The summed E-state index contributed by atoms with van der Waals surface area (Å²) < 4.78 is 0. The zero-order valence-corrected chi connectivity index (χ0v) is 14.1. The highest BCUT2D eigenvalue weighted by Crippen LogP contribution is 2.30. The number of carbonyl (C=O) groups excluding carboxylic acids is 1. The molecule has 1 aromatic carbocycles. The van der Waals surface area contributed by atoms with E-state index < -0.39 is 6.10 Å². The second-order valence-electron chi connectivity index (χ2n) is 6.64. The van der Waals surface area contributed by atoms with Crippen LogP contribution in [0.2, 0.25) is 0 Å². The summed E-state index contributed by atoms with van der Waals surface area (Å²) in [5.74, 6) is 0.0752. The predicted molar refractivity (Wildman–Crippen MR) is 94.6 cm³/mol. The summed E-state index contributed by atoms with van der Waals surface area (Å²) in [4.78, 5) is 16.8. The van der Waals surface area contributed by atoms with Crippen molar-refractivity contribution in [1.29, 1.82) is 0 Å². The first-order valence-electron chi connectivity index (χ1n) is 8.90. The van der Waals surface area contributed by atoms with Gasteiger partial charge in [-0.15, -0.1) is 0 Å². The lowest BCUT2D eigenvalue weighted by atomic mass is 10.1. The van der Waals surface area contributed by atoms with E-state index in [9.17, 15) is 9.90 Å². The minimum atomic E-state index is -0.811. The Kier molecular flexibility index (Phi) is 5.58. The van der Waals surface area contributed by atoms with Crippen molar-refractivity contribution in [3.05, 3.63) is 23.8 Å². The topological polar surface area (TPSA) is 76.0 Å². The van der Waals surface area contributed by atoms with Gasteiger partial charge in [-0.3, -0.25) is 4.79 Å². The second kappa shape index (κ2) is 7.85. The average molecular weight is 333 g/mol. The lowest BCUT2D eigenvalue weighted by molar-refractivity contribution is 0.0793. The third kappa shape index (κ3) is 3.82. The Hall–Kier alpha value is -1.79. The number of likely N-dealkylation sites (tertiary alicyclic amines) is 1. The fourth-order valence-electron chi connectivity index (χ4n) is 3.44. The highest BCUT2D eigenvalue weighted by molar-refractivity contribution is 5.96. The van der Waals surface area contributed by atoms with E-state index in [1.807, 2.05) is 23.1 Å². The van der Waals surface area contributed by atoms with E-state index in [1.54, 1.807) is 0 Å². The fraction of sp³-hybridized carbons (Fsp3) is 0.611. The lowest BCUT2D eigenvalue weighted by Gasteiger charge is -2.24. The molecule has 1 atom stereocenters. The highest BCUT2D eigenvalue weighted by atomic mass is 16.3. The van der Waals surface area contributed by atoms with Gasteiger partial charge in [-0.05, 0) is 43.9 Å². The van der Waals surface area contributed by atoms with Crippen molar-refractivity contribution >= 4 is 17.3 Å². The van der Waals surface area contributed by atoms with E-state index >= 15 is 0 Å². The molecule has 1 aromatic rings. The van der Waals surface area contributed by atoms with Gasteiger partial charge in [0.25, 0.3) is 5.91 Å². The van der Waals surface area contributed by atoms with Crippen LogP contribution in [0.4, 0.5) is 11.4 Å². The number of hydrogen-bond donors (Lipinski definition) is 3. The predicted octanol–water partition coefficient (Wildman–Crippen LogP) is 1.29. The van der Waals surface area contributed by atoms with Crippen LogP contribution in [0, 0.1) is 0 Å². The van der Waals surface area contributed by atoms with Crippen LogP contribution in [-0.2, 0) is 0 Å². The number of aliphatic hydroxyl groups excluding tert-OH is 2. The number of carbonyl (C=O) groups is 1. The van der Waals surface area contributed by atoms with Gasteiger partial charge in [0, 0.05) is 38.3 Å². The van der Waals surface area contributed by atoms with Gasteiger partial charge in [-0.2, -0.15) is 0 Å². The van der Waals surface area contributed by atoms with Crippen molar-refractivity contribution in [2.75, 3.05) is 49.5 Å². The molecule has 2 heterocycles. The van der Waals surface area contributed by atoms with Gasteiger partial charge in [-0.25, -0.2) is 0 Å². The Bertz CT molecular complexity index is 567. The van der Waals surface area contributed by atoms with Crippen LogP contribution < -0.4 is 10.2 Å². The van der Waals surface area contributed by atoms with Gasteiger partial charge < -0.3 is 25.3 Å². The summed E-state index contributed by atoms with van der Waals surface area (Å²) >= 11 is 0. The van der Waals surface area contributed by atoms with E-state index in [0.717, 1.165) is 50.4 Å². The first-order valence-corrected chi connectivity index (χ1v) is 8.90. The van der Waals surface area contributed by atoms with Gasteiger partial charge in [0.15, 0.2) is 0 Å². The molecule has 6 nitrogen and oxygen atoms in total. The number of amides is 1. The van der Waals surface area contributed by atoms with Crippen LogP contribution in [0.3, 0.4) is 0 Å². The first kappa shape index (κ1) is 17.0. The maximum atomic E-state index is 12.6. The van der Waals surface area contributed by atoms with E-state index in [4.69, 9.17) is 5.11 Å². The van der Waals surface area contributed by atoms with Crippen molar-refractivity contribution in [3.8, 4) is 0 Å². The van der Waals surface area contributed by atoms with Gasteiger partial charge in [0.1, 0.15) is 0 Å². The van der Waals surface area contributed by atoms with E-state index in [2.05, 4.69) is 10.2 Å². The zero-order valence-electron chi connectivity index (χ0n) is 14.1. The van der Waals surface area contributed by atoms with E-state index in [0.29, 0.717) is 5.56 Å². The van der Waals surface area contributed by atoms with E-state index in [1.165, 1.54) is 12.8 Å². The summed E-state index contributed by atoms with van der Waals surface area (Å²) in [7, 11) is 0. The quantitative estimate of drug-likeness (QED) is 0.731. The molecule has 6 heteroatoms. The van der Waals surface area contributed by atoms with Gasteiger partial charge in [-0.1, -0.05) is 0 Å². The number of hydrogen-bond acceptors (Lipinski definition) is 5. The molecule has 0 aromatic heterocycles. The largest absolute Gasteiger partial charge is 0.394 e. The van der Waals surface area contributed by atoms with Gasteiger partial charge in [0.2, 0.25) is 0 Å². The molecular weight excluding hydrogens is 306 g/mol. The summed E-state index contributed by atoms with van der Waals surface area (Å²) in [5.41, 5.74) is 2.60. The van der Waals surface area contributed by atoms with Crippen LogP contribution >= 0.6 is 0 Å². The Balaban J connectivity index is 1.81. The molecule has 2 aliphatic rings. The van der Waals surface area contributed by atoms with Crippen molar-refractivity contribution in [2.45, 2.75) is 31.8 Å². The maximum Gasteiger partial charge on any atom is 0.253 e. The van der Waals surface area contributed by atoms with Crippen LogP contribution in [0.1, 0.15) is 36.0 Å². The Morgan fingerprint density at radius 3 is 2.46 bits per heavy atom. The van der Waals surface area contributed by atoms with Crippen LogP contribution in [-0.4, -0.2) is 66.5 Å². The molecule has 2 fully saturated rings. The fourth-order valence-corrected chi connectivity index (χ4v) is 3.44. The summed E-state index contributed by atoms with van der Waals surface area (Å²) in [5, 5.41) is 21.8. The van der Waals surface area contributed by atoms with E-state index in [-0.39, 0.29) is 19.1 Å². The molecule has 0 aliphatic carbocycles. The smallest absolute Gasteiger partial charge is 0.253 e. The number of benzene rings is 1. The molecular formula is C18H27N3O3. The molecule has 0 radical (unpaired) electrons. The van der Waals surface area contributed by atoms with Crippen molar-refractivity contribution in [1.82, 2.24) is 4.90 Å². The number of nitrogens with zero attached hydrogens (tertiary/aromatic N) is 2. The normalized spacial score (nSPS) is 18.9. The monoisotopic (exact) mass is 333 g/mol. The summed E-state index contributed by atoms with van der Waals surface area (Å²) in [6.07, 6.45) is 3.69. The summed E-state index contributed by atoms with van der Waals surface area (Å²) in [6.45, 7) is 3.67. The van der Waals surface area contributed by atoms with Crippen molar-refractivity contribution in [3.63, 3.8) is 0 Å². The Morgan fingerprint density at radius 2 is 1.79 bits per heavy atom. The third-order valence-corrected chi connectivity index (χ3v) is 4.82. The van der Waals surface area contributed by atoms with Gasteiger partial charge >= 0.3 is 0 Å². The minimum Gasteiger partial charge on any atom is -0.394 e. The Labute approximate surface area is 143 Å². The summed E-state index contributed by atoms with van der Waals surface area (Å²) in [6, 6.07) is 5.79. The number of anilines is 2. The molecule has 0 bridgehead atoms. The molecule has 1 amide bonds. The van der Waals surface area contributed by atoms with Gasteiger partial charge in [0.05, 0.1) is 24.1 Å². The van der Waals surface area contributed by atoms with Crippen LogP contribution in [0.25, 0.3) is 0 Å². The van der Waals surface area contributed by atoms with Crippen molar-refractivity contribution < 1.29 is 15.0 Å². The Morgan fingerprint density at radius 1 is 1.12 bits per heavy atom. The molecule has 0 saturated carbocycles. The third-order valence-electron chi connectivity index (χ3n) is 4.82. The van der Waals surface area contributed by atoms with Crippen LogP contribution in [0.5, 0.6) is 0 Å². The van der Waals surface area contributed by atoms with Crippen LogP contribution in [0.15, 0.2) is 18.2 Å². The second-order valence-corrected chi connectivity index (χ2v) is 6.64. The average Bonchev–Trinajstić information content (AvgIpc) is 3.32. The lowest BCUT2D eigenvalue weighted by Crippen LogP contribution is -2.28. The van der Waals surface area contributed by atoms with Crippen molar-refractivity contribution in [2.24, 2.45) is 0 Å². The number of aliphatic hydroxyl groups is 2. The SMILES string of the molecule is O=C(c1ccc(N2CCCC2)c(NCC(O)CO)c1)N1CCCC1. The number of rotatable bonds is 6.